The monoisotopic (exact) mass is 405 g/mol. The normalized spacial score (nSPS) is 16.0. The van der Waals surface area contributed by atoms with Crippen LogP contribution >= 0.6 is 0 Å². The van der Waals surface area contributed by atoms with Crippen molar-refractivity contribution in [3.8, 4) is 5.75 Å². The van der Waals surface area contributed by atoms with Crippen LogP contribution in [0.2, 0.25) is 0 Å². The molecule has 2 aromatic carbocycles. The van der Waals surface area contributed by atoms with Gasteiger partial charge >= 0.3 is 0 Å². The first-order valence-corrected chi connectivity index (χ1v) is 9.82. The number of rotatable bonds is 4. The summed E-state index contributed by atoms with van der Waals surface area (Å²) in [7, 11) is -2.46. The minimum atomic E-state index is -4.06. The fourth-order valence-electron chi connectivity index (χ4n) is 2.83. The average Bonchev–Trinajstić information content (AvgIpc) is 2.72. The highest BCUT2D eigenvalue weighted by atomic mass is 32.2. The van der Waals surface area contributed by atoms with Gasteiger partial charge < -0.3 is 9.64 Å². The highest BCUT2D eigenvalue weighted by Crippen LogP contribution is 2.37. The first-order chi connectivity index (χ1) is 13.0. The standard InChI is InChI=1S/C18H19N3O6S/c1-18(2)11-27-16-8-7-12(9-15(16)20(3)17(18)22)19-28(25,26)14-6-4-5-13(10-14)21(23)24/h4-10,19H,11H2,1-3H3. The third-order valence-corrected chi connectivity index (χ3v) is 5.76. The van der Waals surface area contributed by atoms with Gasteiger partial charge in [-0.3, -0.25) is 19.6 Å². The predicted molar refractivity (Wildman–Crippen MR) is 103 cm³/mol. The fraction of sp³-hybridized carbons (Fsp3) is 0.278. The molecule has 1 aliphatic rings. The largest absolute Gasteiger partial charge is 0.490 e. The van der Waals surface area contributed by atoms with Crippen molar-refractivity contribution < 1.29 is 22.9 Å². The van der Waals surface area contributed by atoms with Crippen molar-refractivity contribution in [1.82, 2.24) is 0 Å². The van der Waals surface area contributed by atoms with Crippen molar-refractivity contribution in [2.75, 3.05) is 23.3 Å². The molecule has 0 aromatic heterocycles. The molecule has 0 unspecified atom stereocenters. The van der Waals surface area contributed by atoms with Gasteiger partial charge in [-0.1, -0.05) is 6.07 Å². The molecule has 0 bridgehead atoms. The molecule has 1 aliphatic heterocycles. The van der Waals surface area contributed by atoms with E-state index in [1.54, 1.807) is 27.0 Å². The van der Waals surface area contributed by atoms with Gasteiger partial charge in [0.1, 0.15) is 12.4 Å². The number of fused-ring (bicyclic) bond motifs is 1. The maximum Gasteiger partial charge on any atom is 0.270 e. The van der Waals surface area contributed by atoms with E-state index >= 15 is 0 Å². The molecule has 2 aromatic rings. The van der Waals surface area contributed by atoms with Crippen molar-refractivity contribution in [2.45, 2.75) is 18.7 Å². The molecule has 1 N–H and O–H groups in total. The number of carbonyl (C=O) groups is 1. The lowest BCUT2D eigenvalue weighted by Crippen LogP contribution is -2.39. The number of ether oxygens (including phenoxy) is 1. The van der Waals surface area contributed by atoms with Crippen LogP contribution in [0.25, 0.3) is 0 Å². The number of nitrogens with zero attached hydrogens (tertiary/aromatic N) is 2. The van der Waals surface area contributed by atoms with Gasteiger partial charge in [0.05, 0.1) is 26.6 Å². The van der Waals surface area contributed by atoms with Crippen LogP contribution in [0.1, 0.15) is 13.8 Å². The van der Waals surface area contributed by atoms with Crippen molar-refractivity contribution >= 4 is 33.0 Å². The SMILES string of the molecule is CN1C(=O)C(C)(C)COc2ccc(NS(=O)(=O)c3cccc([N+](=O)[O-])c3)cc21. The molecular weight excluding hydrogens is 386 g/mol. The first-order valence-electron chi connectivity index (χ1n) is 8.33. The van der Waals surface area contributed by atoms with E-state index in [4.69, 9.17) is 4.74 Å². The molecule has 0 aliphatic carbocycles. The fourth-order valence-corrected chi connectivity index (χ4v) is 3.92. The molecule has 9 nitrogen and oxygen atoms in total. The van der Waals surface area contributed by atoms with Crippen LogP contribution in [-0.4, -0.2) is 32.9 Å². The Morgan fingerprint density at radius 3 is 2.61 bits per heavy atom. The number of sulfonamides is 1. The van der Waals surface area contributed by atoms with Gasteiger partial charge in [0.25, 0.3) is 15.7 Å². The number of non-ortho nitro benzene ring substituents is 1. The van der Waals surface area contributed by atoms with E-state index in [-0.39, 0.29) is 28.8 Å². The third-order valence-electron chi connectivity index (χ3n) is 4.38. The number of nitro benzene ring substituents is 1. The van der Waals surface area contributed by atoms with E-state index in [9.17, 15) is 23.3 Å². The van der Waals surface area contributed by atoms with Crippen LogP contribution in [0.4, 0.5) is 17.1 Å². The molecule has 0 fully saturated rings. The van der Waals surface area contributed by atoms with E-state index in [0.29, 0.717) is 11.4 Å². The highest BCUT2D eigenvalue weighted by Gasteiger charge is 2.36. The molecule has 28 heavy (non-hydrogen) atoms. The zero-order valence-electron chi connectivity index (χ0n) is 15.5. The Hall–Kier alpha value is -3.14. The van der Waals surface area contributed by atoms with Crippen molar-refractivity contribution in [3.63, 3.8) is 0 Å². The van der Waals surface area contributed by atoms with Crippen LogP contribution in [-0.2, 0) is 14.8 Å². The summed E-state index contributed by atoms with van der Waals surface area (Å²) in [5, 5.41) is 10.9. The Balaban J connectivity index is 1.95. The predicted octanol–water partition coefficient (Wildman–Crippen LogP) is 2.78. The van der Waals surface area contributed by atoms with Crippen LogP contribution in [0.15, 0.2) is 47.4 Å². The number of benzene rings is 2. The molecule has 10 heteroatoms. The van der Waals surface area contributed by atoms with Gasteiger partial charge in [-0.15, -0.1) is 0 Å². The number of anilines is 2. The second kappa shape index (κ2) is 6.79. The molecule has 3 rings (SSSR count). The quantitative estimate of drug-likeness (QED) is 0.617. The minimum Gasteiger partial charge on any atom is -0.490 e. The Morgan fingerprint density at radius 2 is 1.93 bits per heavy atom. The van der Waals surface area contributed by atoms with Gasteiger partial charge in [0.2, 0.25) is 5.91 Å². The number of hydrogen-bond donors (Lipinski definition) is 1. The molecular formula is C18H19N3O6S. The summed E-state index contributed by atoms with van der Waals surface area (Å²) in [4.78, 5) is 24.0. The minimum absolute atomic E-state index is 0.162. The first kappa shape index (κ1) is 19.6. The maximum atomic E-state index is 12.6. The molecule has 1 amide bonds. The van der Waals surface area contributed by atoms with Crippen LogP contribution in [0.3, 0.4) is 0 Å². The van der Waals surface area contributed by atoms with Crippen molar-refractivity contribution in [2.24, 2.45) is 5.41 Å². The summed E-state index contributed by atoms with van der Waals surface area (Å²) in [6.07, 6.45) is 0. The second-order valence-electron chi connectivity index (χ2n) is 7.08. The summed E-state index contributed by atoms with van der Waals surface area (Å²) in [6.45, 7) is 3.73. The van der Waals surface area contributed by atoms with Gasteiger partial charge in [-0.2, -0.15) is 0 Å². The zero-order valence-corrected chi connectivity index (χ0v) is 16.3. The van der Waals surface area contributed by atoms with Gasteiger partial charge in [0, 0.05) is 19.2 Å². The van der Waals surface area contributed by atoms with Gasteiger partial charge in [0.15, 0.2) is 0 Å². The van der Waals surface area contributed by atoms with Crippen LogP contribution in [0.5, 0.6) is 5.75 Å². The Labute approximate surface area is 162 Å². The number of amides is 1. The molecule has 0 atom stereocenters. The Kier molecular flexibility index (Phi) is 4.76. The Morgan fingerprint density at radius 1 is 1.21 bits per heavy atom. The number of carbonyl (C=O) groups excluding carboxylic acids is 1. The Bertz CT molecular complexity index is 1060. The van der Waals surface area contributed by atoms with E-state index in [0.717, 1.165) is 6.07 Å². The topological polar surface area (TPSA) is 119 Å². The number of hydrogen-bond acceptors (Lipinski definition) is 6. The number of nitrogens with one attached hydrogen (secondary N) is 1. The lowest BCUT2D eigenvalue weighted by Gasteiger charge is -2.24. The molecule has 0 saturated carbocycles. The molecule has 0 saturated heterocycles. The average molecular weight is 405 g/mol. The maximum absolute atomic E-state index is 12.6. The van der Waals surface area contributed by atoms with E-state index in [1.807, 2.05) is 0 Å². The second-order valence-corrected chi connectivity index (χ2v) is 8.76. The number of nitro groups is 1. The van der Waals surface area contributed by atoms with Crippen LogP contribution in [0, 0.1) is 15.5 Å². The van der Waals surface area contributed by atoms with Crippen molar-refractivity contribution in [1.29, 1.82) is 0 Å². The molecule has 148 valence electrons. The van der Waals surface area contributed by atoms with E-state index in [1.165, 1.54) is 35.2 Å². The summed E-state index contributed by atoms with van der Waals surface area (Å²) in [6, 6.07) is 9.32. The zero-order chi connectivity index (χ0) is 20.7. The van der Waals surface area contributed by atoms with Gasteiger partial charge in [-0.25, -0.2) is 8.42 Å². The molecule has 0 radical (unpaired) electrons. The van der Waals surface area contributed by atoms with Crippen molar-refractivity contribution in [3.05, 3.63) is 52.6 Å². The van der Waals surface area contributed by atoms with E-state index in [2.05, 4.69) is 4.72 Å². The summed E-state index contributed by atoms with van der Waals surface area (Å²) >= 11 is 0. The summed E-state index contributed by atoms with van der Waals surface area (Å²) < 4.78 is 33.3. The lowest BCUT2D eigenvalue weighted by molar-refractivity contribution is -0.385. The highest BCUT2D eigenvalue weighted by molar-refractivity contribution is 7.92. The van der Waals surface area contributed by atoms with E-state index < -0.39 is 20.4 Å². The summed E-state index contributed by atoms with van der Waals surface area (Å²) in [5.41, 5.74) is -0.426. The summed E-state index contributed by atoms with van der Waals surface area (Å²) in [5.74, 6) is 0.296. The van der Waals surface area contributed by atoms with Gasteiger partial charge in [-0.05, 0) is 38.1 Å². The van der Waals surface area contributed by atoms with Crippen LogP contribution < -0.4 is 14.4 Å². The molecule has 0 spiro atoms. The molecule has 1 heterocycles. The third kappa shape index (κ3) is 3.63. The smallest absolute Gasteiger partial charge is 0.270 e. The lowest BCUT2D eigenvalue weighted by atomic mass is 9.93.